The molecule has 1 N–H and O–H groups in total. The van der Waals surface area contributed by atoms with Crippen LogP contribution in [0.3, 0.4) is 0 Å². The van der Waals surface area contributed by atoms with E-state index in [0.29, 0.717) is 0 Å². The van der Waals surface area contributed by atoms with E-state index >= 15 is 0 Å². The second-order valence-electron chi connectivity index (χ2n) is 1.82. The largest absolute Gasteiger partial charge is 0.341 e. The zero-order valence-electron chi connectivity index (χ0n) is 5.26. The van der Waals surface area contributed by atoms with Gasteiger partial charge >= 0.3 is 6.00 Å². The highest BCUT2D eigenvalue weighted by Gasteiger charge is 2.23. The molecule has 5 heteroatoms. The van der Waals surface area contributed by atoms with E-state index in [0.717, 1.165) is 19.0 Å². The SMILES string of the molecule is CNCCC[Si](Cl)(Cl)Cl. The topological polar surface area (TPSA) is 12.0 Å². The fraction of sp³-hybridized carbons (Fsp3) is 1.00. The second kappa shape index (κ2) is 4.80. The second-order valence-corrected chi connectivity index (χ2v) is 11.1. The Hall–Kier alpha value is 1.05. The molecule has 9 heavy (non-hydrogen) atoms. The molecular weight excluding hydrogens is 196 g/mol. The van der Waals surface area contributed by atoms with Crippen molar-refractivity contribution in [3.63, 3.8) is 0 Å². The van der Waals surface area contributed by atoms with Crippen LogP contribution in [0.5, 0.6) is 0 Å². The standard InChI is InChI=1S/C4H10Cl3NSi/c1-8-3-2-4-9(5,6)7/h8H,2-4H2,1H3. The molecule has 0 fully saturated rings. The van der Waals surface area contributed by atoms with E-state index < -0.39 is 6.00 Å². The summed E-state index contributed by atoms with van der Waals surface area (Å²) in [5.74, 6) is 0. The summed E-state index contributed by atoms with van der Waals surface area (Å²) in [4.78, 5) is 0. The summed E-state index contributed by atoms with van der Waals surface area (Å²) in [6, 6.07) is -1.57. The lowest BCUT2D eigenvalue weighted by atomic mass is 10.5. The van der Waals surface area contributed by atoms with E-state index in [1.165, 1.54) is 0 Å². The first-order valence-corrected chi connectivity index (χ1v) is 8.02. The first-order valence-electron chi connectivity index (χ1n) is 2.77. The number of rotatable bonds is 4. The van der Waals surface area contributed by atoms with Crippen LogP contribution < -0.4 is 5.32 Å². The Morgan fingerprint density at radius 2 is 1.89 bits per heavy atom. The van der Waals surface area contributed by atoms with Gasteiger partial charge in [-0.15, -0.1) is 33.2 Å². The molecule has 0 rings (SSSR count). The molecule has 0 bridgehead atoms. The normalized spacial score (nSPS) is 12.0. The molecule has 0 unspecified atom stereocenters. The Labute approximate surface area is 70.8 Å². The summed E-state index contributed by atoms with van der Waals surface area (Å²) in [6.45, 7) is 0.931. The molecule has 0 saturated carbocycles. The maximum absolute atomic E-state index is 5.61. The number of hydrogen-bond donors (Lipinski definition) is 1. The summed E-state index contributed by atoms with van der Waals surface area (Å²) in [7, 11) is 1.89. The van der Waals surface area contributed by atoms with E-state index in [-0.39, 0.29) is 0 Å². The predicted molar refractivity (Wildman–Crippen MR) is 46.7 cm³/mol. The Morgan fingerprint density at radius 3 is 2.22 bits per heavy atom. The molecule has 0 aliphatic rings. The Kier molecular flexibility index (Phi) is 5.36. The van der Waals surface area contributed by atoms with Crippen LogP contribution in [0.15, 0.2) is 0 Å². The summed E-state index contributed by atoms with van der Waals surface area (Å²) in [6.07, 6.45) is 0.958. The number of nitrogens with one attached hydrogen (secondary N) is 1. The highest BCUT2D eigenvalue weighted by Crippen LogP contribution is 2.25. The van der Waals surface area contributed by atoms with Crippen LogP contribution in [0, 0.1) is 0 Å². The van der Waals surface area contributed by atoms with Crippen molar-refractivity contribution in [1.82, 2.24) is 5.32 Å². The maximum Gasteiger partial charge on any atom is 0.341 e. The van der Waals surface area contributed by atoms with E-state index in [1.807, 2.05) is 7.05 Å². The van der Waals surface area contributed by atoms with Crippen molar-refractivity contribution < 1.29 is 0 Å². The molecule has 0 radical (unpaired) electrons. The van der Waals surface area contributed by atoms with E-state index in [9.17, 15) is 0 Å². The smallest absolute Gasteiger partial charge is 0.320 e. The van der Waals surface area contributed by atoms with Crippen molar-refractivity contribution in [2.45, 2.75) is 12.5 Å². The molecule has 0 heterocycles. The lowest BCUT2D eigenvalue weighted by molar-refractivity contribution is 0.769. The first kappa shape index (κ1) is 10.0. The molecule has 0 aliphatic carbocycles. The molecule has 1 nitrogen and oxygen atoms in total. The molecule has 0 spiro atoms. The van der Waals surface area contributed by atoms with Gasteiger partial charge in [-0.25, -0.2) is 0 Å². The van der Waals surface area contributed by atoms with Crippen molar-refractivity contribution in [1.29, 1.82) is 0 Å². The van der Waals surface area contributed by atoms with E-state index in [1.54, 1.807) is 0 Å². The summed E-state index contributed by atoms with van der Waals surface area (Å²) in [5, 5.41) is 2.99. The van der Waals surface area contributed by atoms with E-state index in [2.05, 4.69) is 5.32 Å². The lowest BCUT2D eigenvalue weighted by Crippen LogP contribution is -2.14. The number of halogens is 3. The fourth-order valence-electron chi connectivity index (χ4n) is 0.466. The van der Waals surface area contributed by atoms with Gasteiger partial charge in [-0.3, -0.25) is 0 Å². The summed E-state index contributed by atoms with van der Waals surface area (Å²) >= 11 is 16.8. The van der Waals surface area contributed by atoms with Gasteiger partial charge in [-0.05, 0) is 26.1 Å². The van der Waals surface area contributed by atoms with Crippen LogP contribution in [0.1, 0.15) is 6.42 Å². The van der Waals surface area contributed by atoms with Gasteiger partial charge in [0.05, 0.1) is 0 Å². The zero-order valence-corrected chi connectivity index (χ0v) is 8.52. The van der Waals surface area contributed by atoms with Crippen LogP contribution in [-0.2, 0) is 0 Å². The Balaban J connectivity index is 3.07. The van der Waals surface area contributed by atoms with Crippen LogP contribution in [0.2, 0.25) is 6.04 Å². The first-order chi connectivity index (χ1) is 4.06. The summed E-state index contributed by atoms with van der Waals surface area (Å²) < 4.78 is 0. The minimum absolute atomic E-state index is 0.749. The minimum Gasteiger partial charge on any atom is -0.320 e. The third-order valence-electron chi connectivity index (χ3n) is 0.887. The van der Waals surface area contributed by atoms with Crippen molar-refractivity contribution in [3.8, 4) is 0 Å². The predicted octanol–water partition coefficient (Wildman–Crippen LogP) is 2.25. The van der Waals surface area contributed by atoms with Crippen LogP contribution in [0.4, 0.5) is 0 Å². The van der Waals surface area contributed by atoms with Gasteiger partial charge in [0.15, 0.2) is 0 Å². The maximum atomic E-state index is 5.61. The van der Waals surface area contributed by atoms with Gasteiger partial charge in [-0.2, -0.15) is 0 Å². The summed E-state index contributed by atoms with van der Waals surface area (Å²) in [5.41, 5.74) is 0. The average molecular weight is 207 g/mol. The van der Waals surface area contributed by atoms with Crippen molar-refractivity contribution >= 4 is 39.2 Å². The zero-order chi connectivity index (χ0) is 7.33. The van der Waals surface area contributed by atoms with Gasteiger partial charge in [0.2, 0.25) is 0 Å². The molecule has 0 atom stereocenters. The van der Waals surface area contributed by atoms with Crippen LogP contribution in [-0.4, -0.2) is 19.6 Å². The minimum atomic E-state index is -2.32. The third kappa shape index (κ3) is 9.05. The molecule has 56 valence electrons. The Bertz CT molecular complexity index is 72.7. The molecule has 0 aromatic carbocycles. The quantitative estimate of drug-likeness (QED) is 0.423. The third-order valence-corrected chi connectivity index (χ3v) is 3.51. The molecule has 0 aromatic heterocycles. The van der Waals surface area contributed by atoms with Crippen LogP contribution in [0.25, 0.3) is 0 Å². The molecular formula is C4H10Cl3NSi. The van der Waals surface area contributed by atoms with Gasteiger partial charge in [-0.1, -0.05) is 0 Å². The van der Waals surface area contributed by atoms with Crippen molar-refractivity contribution in [3.05, 3.63) is 0 Å². The van der Waals surface area contributed by atoms with Crippen molar-refractivity contribution in [2.24, 2.45) is 0 Å². The molecule has 0 saturated heterocycles. The highest BCUT2D eigenvalue weighted by molar-refractivity contribution is 7.64. The lowest BCUT2D eigenvalue weighted by Gasteiger charge is -2.05. The van der Waals surface area contributed by atoms with Crippen molar-refractivity contribution in [2.75, 3.05) is 13.6 Å². The fourth-order valence-corrected chi connectivity index (χ4v) is 2.25. The Morgan fingerprint density at radius 1 is 1.33 bits per heavy atom. The average Bonchev–Trinajstić information content (AvgIpc) is 1.63. The highest BCUT2D eigenvalue weighted by atomic mass is 35.8. The monoisotopic (exact) mass is 205 g/mol. The van der Waals surface area contributed by atoms with Gasteiger partial charge in [0.25, 0.3) is 0 Å². The molecule has 0 aliphatic heterocycles. The molecule has 0 amide bonds. The van der Waals surface area contributed by atoms with E-state index in [4.69, 9.17) is 33.2 Å². The molecule has 0 aromatic rings. The number of hydrogen-bond acceptors (Lipinski definition) is 1. The van der Waals surface area contributed by atoms with Gasteiger partial charge in [0, 0.05) is 0 Å². The van der Waals surface area contributed by atoms with Gasteiger partial charge < -0.3 is 5.32 Å². The van der Waals surface area contributed by atoms with Crippen LogP contribution >= 0.6 is 33.2 Å². The van der Waals surface area contributed by atoms with Gasteiger partial charge in [0.1, 0.15) is 0 Å².